The molecule has 138 valence electrons. The van der Waals surface area contributed by atoms with E-state index in [9.17, 15) is 4.79 Å². The maximum Gasteiger partial charge on any atom is 0.255 e. The van der Waals surface area contributed by atoms with Crippen molar-refractivity contribution in [1.82, 2.24) is 9.88 Å². The summed E-state index contributed by atoms with van der Waals surface area (Å²) in [6.45, 7) is 5.02. The summed E-state index contributed by atoms with van der Waals surface area (Å²) in [7, 11) is 1.65. The zero-order chi connectivity index (χ0) is 18.5. The lowest BCUT2D eigenvalue weighted by atomic mass is 9.99. The molecule has 0 aliphatic carbocycles. The van der Waals surface area contributed by atoms with Gasteiger partial charge in [0.25, 0.3) is 5.91 Å². The second kappa shape index (κ2) is 8.21. The number of hydrogen-bond acceptors (Lipinski definition) is 4. The van der Waals surface area contributed by atoms with Gasteiger partial charge >= 0.3 is 0 Å². The minimum atomic E-state index is 0.0731. The van der Waals surface area contributed by atoms with Crippen molar-refractivity contribution in [3.63, 3.8) is 0 Å². The maximum absolute atomic E-state index is 13.0. The number of hydrogen-bond donors (Lipinski definition) is 1. The topological polar surface area (TPSA) is 54.5 Å². The molecular formula is C21H27N3O2. The first-order chi connectivity index (χ1) is 12.6. The number of carbonyl (C=O) groups excluding carboxylic acids is 1. The molecule has 26 heavy (non-hydrogen) atoms. The monoisotopic (exact) mass is 353 g/mol. The molecule has 2 heterocycles. The van der Waals surface area contributed by atoms with Crippen LogP contribution in [0.1, 0.15) is 48.5 Å². The van der Waals surface area contributed by atoms with E-state index in [1.807, 2.05) is 36.1 Å². The summed E-state index contributed by atoms with van der Waals surface area (Å²) in [5.74, 6) is 0.832. The molecule has 0 saturated carbocycles. The molecule has 1 aliphatic heterocycles. The van der Waals surface area contributed by atoms with Gasteiger partial charge < -0.3 is 15.0 Å². The summed E-state index contributed by atoms with van der Waals surface area (Å²) in [5, 5.41) is 3.33. The number of benzene rings is 1. The number of pyridine rings is 1. The van der Waals surface area contributed by atoms with Gasteiger partial charge in [-0.2, -0.15) is 0 Å². The van der Waals surface area contributed by atoms with Crippen LogP contribution in [0.4, 0.5) is 11.4 Å². The molecule has 5 heteroatoms. The highest BCUT2D eigenvalue weighted by Gasteiger charge is 2.26. The molecule has 1 saturated heterocycles. The van der Waals surface area contributed by atoms with Crippen molar-refractivity contribution in [3.05, 3.63) is 47.8 Å². The van der Waals surface area contributed by atoms with E-state index in [-0.39, 0.29) is 5.91 Å². The molecule has 2 aromatic rings. The van der Waals surface area contributed by atoms with Crippen LogP contribution in [0.3, 0.4) is 0 Å². The molecule has 0 spiro atoms. The van der Waals surface area contributed by atoms with Gasteiger partial charge in [0.05, 0.1) is 30.2 Å². The highest BCUT2D eigenvalue weighted by molar-refractivity contribution is 5.95. The van der Waals surface area contributed by atoms with E-state index in [1.165, 1.54) is 6.42 Å². The third kappa shape index (κ3) is 3.98. The Labute approximate surface area is 155 Å². The fraction of sp³-hybridized carbons (Fsp3) is 0.429. The van der Waals surface area contributed by atoms with Gasteiger partial charge in [0.2, 0.25) is 0 Å². The SMILES string of the molecule is CCC1CCCCN1C(=O)c1cncc(Nc2cc(C)ccc2OC)c1. The van der Waals surface area contributed by atoms with E-state index in [4.69, 9.17) is 4.74 Å². The minimum Gasteiger partial charge on any atom is -0.495 e. The Bertz CT molecular complexity index is 776. The lowest BCUT2D eigenvalue weighted by Crippen LogP contribution is -2.43. The van der Waals surface area contributed by atoms with Gasteiger partial charge in [-0.05, 0) is 56.4 Å². The number of amides is 1. The molecule has 1 unspecified atom stereocenters. The average Bonchev–Trinajstić information content (AvgIpc) is 2.68. The Hall–Kier alpha value is -2.56. The van der Waals surface area contributed by atoms with Crippen LogP contribution in [0.2, 0.25) is 0 Å². The van der Waals surface area contributed by atoms with Gasteiger partial charge in [0.1, 0.15) is 5.75 Å². The molecule has 1 aliphatic rings. The Morgan fingerprint density at radius 3 is 2.92 bits per heavy atom. The second-order valence-electron chi connectivity index (χ2n) is 6.85. The van der Waals surface area contributed by atoms with E-state index in [0.29, 0.717) is 11.6 Å². The van der Waals surface area contributed by atoms with Gasteiger partial charge in [-0.15, -0.1) is 0 Å². The Morgan fingerprint density at radius 2 is 2.15 bits per heavy atom. The van der Waals surface area contributed by atoms with Crippen molar-refractivity contribution in [1.29, 1.82) is 0 Å². The highest BCUT2D eigenvalue weighted by atomic mass is 16.5. The van der Waals surface area contributed by atoms with Gasteiger partial charge in [0.15, 0.2) is 0 Å². The average molecular weight is 353 g/mol. The predicted octanol–water partition coefficient (Wildman–Crippen LogP) is 4.55. The van der Waals surface area contributed by atoms with Crippen LogP contribution in [-0.4, -0.2) is 35.5 Å². The number of carbonyl (C=O) groups is 1. The summed E-state index contributed by atoms with van der Waals surface area (Å²) in [5.41, 5.74) is 3.41. The molecule has 1 N–H and O–H groups in total. The van der Waals surface area contributed by atoms with Gasteiger partial charge in [-0.3, -0.25) is 9.78 Å². The first-order valence-corrected chi connectivity index (χ1v) is 9.30. The van der Waals surface area contributed by atoms with E-state index in [0.717, 1.165) is 48.5 Å². The first kappa shape index (κ1) is 18.2. The van der Waals surface area contributed by atoms with Crippen LogP contribution in [0.25, 0.3) is 0 Å². The van der Waals surface area contributed by atoms with Crippen molar-refractivity contribution in [2.45, 2.75) is 45.6 Å². The number of nitrogens with zero attached hydrogens (tertiary/aromatic N) is 2. The summed E-state index contributed by atoms with van der Waals surface area (Å²) >= 11 is 0. The predicted molar refractivity (Wildman–Crippen MR) is 104 cm³/mol. The molecule has 1 aromatic carbocycles. The summed E-state index contributed by atoms with van der Waals surface area (Å²) in [4.78, 5) is 19.3. The van der Waals surface area contributed by atoms with Crippen molar-refractivity contribution in [2.24, 2.45) is 0 Å². The second-order valence-corrected chi connectivity index (χ2v) is 6.85. The highest BCUT2D eigenvalue weighted by Crippen LogP contribution is 2.29. The smallest absolute Gasteiger partial charge is 0.255 e. The fourth-order valence-electron chi connectivity index (χ4n) is 3.56. The Morgan fingerprint density at radius 1 is 1.31 bits per heavy atom. The van der Waals surface area contributed by atoms with Crippen LogP contribution in [0, 0.1) is 6.92 Å². The number of likely N-dealkylation sites (tertiary alicyclic amines) is 1. The summed E-state index contributed by atoms with van der Waals surface area (Å²) < 4.78 is 5.42. The molecule has 1 atom stereocenters. The molecule has 1 aromatic heterocycles. The fourth-order valence-corrected chi connectivity index (χ4v) is 3.56. The van der Waals surface area contributed by atoms with E-state index >= 15 is 0 Å². The third-order valence-electron chi connectivity index (χ3n) is 4.98. The van der Waals surface area contributed by atoms with Gasteiger partial charge in [-0.1, -0.05) is 13.0 Å². The van der Waals surface area contributed by atoms with Crippen LogP contribution >= 0.6 is 0 Å². The van der Waals surface area contributed by atoms with E-state index in [1.54, 1.807) is 19.5 Å². The summed E-state index contributed by atoms with van der Waals surface area (Å²) in [6, 6.07) is 8.16. The van der Waals surface area contributed by atoms with Crippen LogP contribution < -0.4 is 10.1 Å². The maximum atomic E-state index is 13.0. The lowest BCUT2D eigenvalue weighted by Gasteiger charge is -2.35. The lowest BCUT2D eigenvalue weighted by molar-refractivity contribution is 0.0607. The third-order valence-corrected chi connectivity index (χ3v) is 4.98. The number of anilines is 2. The zero-order valence-electron chi connectivity index (χ0n) is 15.8. The van der Waals surface area contributed by atoms with Gasteiger partial charge in [0, 0.05) is 18.8 Å². The van der Waals surface area contributed by atoms with Gasteiger partial charge in [-0.25, -0.2) is 0 Å². The Kier molecular flexibility index (Phi) is 5.76. The minimum absolute atomic E-state index is 0.0731. The van der Waals surface area contributed by atoms with Crippen LogP contribution in [-0.2, 0) is 0 Å². The van der Waals surface area contributed by atoms with E-state index < -0.39 is 0 Å². The zero-order valence-corrected chi connectivity index (χ0v) is 15.8. The molecular weight excluding hydrogens is 326 g/mol. The normalized spacial score (nSPS) is 17.0. The first-order valence-electron chi connectivity index (χ1n) is 9.30. The number of aryl methyl sites for hydroxylation is 1. The number of rotatable bonds is 5. The largest absolute Gasteiger partial charge is 0.495 e. The number of methoxy groups -OCH3 is 1. The number of ether oxygens (including phenoxy) is 1. The van der Waals surface area contributed by atoms with Crippen molar-refractivity contribution < 1.29 is 9.53 Å². The molecule has 5 nitrogen and oxygen atoms in total. The molecule has 3 rings (SSSR count). The molecule has 0 bridgehead atoms. The molecule has 0 radical (unpaired) electrons. The number of aromatic nitrogens is 1. The van der Waals surface area contributed by atoms with Crippen molar-refractivity contribution >= 4 is 17.3 Å². The number of nitrogens with one attached hydrogen (secondary N) is 1. The van der Waals surface area contributed by atoms with Crippen LogP contribution in [0.15, 0.2) is 36.7 Å². The van der Waals surface area contributed by atoms with Crippen LogP contribution in [0.5, 0.6) is 5.75 Å². The van der Waals surface area contributed by atoms with E-state index in [2.05, 4.69) is 17.2 Å². The molecule has 1 amide bonds. The number of piperidine rings is 1. The quantitative estimate of drug-likeness (QED) is 0.857. The van der Waals surface area contributed by atoms with Crippen molar-refractivity contribution in [3.8, 4) is 5.75 Å². The summed E-state index contributed by atoms with van der Waals surface area (Å²) in [6.07, 6.45) is 7.75. The van der Waals surface area contributed by atoms with Crippen molar-refractivity contribution in [2.75, 3.05) is 19.0 Å². The molecule has 1 fully saturated rings. The standard InChI is InChI=1S/C21H27N3O2/c1-4-18-7-5-6-10-24(18)21(25)16-12-17(14-22-13-16)23-19-11-15(2)8-9-20(19)26-3/h8-9,11-14,18,23H,4-7,10H2,1-3H3. The Balaban J connectivity index is 1.82.